The van der Waals surface area contributed by atoms with E-state index in [-0.39, 0.29) is 5.02 Å². The summed E-state index contributed by atoms with van der Waals surface area (Å²) in [7, 11) is 1.78. The van der Waals surface area contributed by atoms with Crippen LogP contribution >= 0.6 is 27.5 Å². The van der Waals surface area contributed by atoms with E-state index in [0.717, 1.165) is 5.56 Å². The lowest BCUT2D eigenvalue weighted by atomic mass is 10.0. The Morgan fingerprint density at radius 3 is 2.82 bits per heavy atom. The number of nitrogens with two attached hydrogens (primary N) is 1. The lowest BCUT2D eigenvalue weighted by Gasteiger charge is -2.12. The summed E-state index contributed by atoms with van der Waals surface area (Å²) in [5.41, 5.74) is 7.08. The van der Waals surface area contributed by atoms with Gasteiger partial charge in [0.1, 0.15) is 5.82 Å². The van der Waals surface area contributed by atoms with Crippen molar-refractivity contribution in [2.24, 2.45) is 12.8 Å². The summed E-state index contributed by atoms with van der Waals surface area (Å²) >= 11 is 8.98. The van der Waals surface area contributed by atoms with Crippen molar-refractivity contribution in [3.63, 3.8) is 0 Å². The van der Waals surface area contributed by atoms with Gasteiger partial charge in [-0.05, 0) is 22.0 Å². The van der Waals surface area contributed by atoms with Crippen molar-refractivity contribution in [1.82, 2.24) is 9.78 Å². The Bertz CT molecular complexity index is 556. The average molecular weight is 319 g/mol. The lowest BCUT2D eigenvalue weighted by Crippen LogP contribution is -2.13. The molecule has 3 nitrogen and oxygen atoms in total. The quantitative estimate of drug-likeness (QED) is 0.865. The fourth-order valence-electron chi connectivity index (χ4n) is 1.56. The van der Waals surface area contributed by atoms with Gasteiger partial charge in [0.2, 0.25) is 0 Å². The molecule has 0 aliphatic carbocycles. The minimum absolute atomic E-state index is 0.0434. The summed E-state index contributed by atoms with van der Waals surface area (Å²) in [5, 5.41) is 4.05. The second-order valence-corrected chi connectivity index (χ2v) is 4.92. The van der Waals surface area contributed by atoms with Crippen LogP contribution in [0.15, 0.2) is 29.0 Å². The highest BCUT2D eigenvalue weighted by atomic mass is 79.9. The maximum Gasteiger partial charge on any atom is 0.148 e. The van der Waals surface area contributed by atoms with Gasteiger partial charge in [-0.25, -0.2) is 4.39 Å². The van der Waals surface area contributed by atoms with E-state index in [1.165, 1.54) is 0 Å². The predicted molar refractivity (Wildman–Crippen MR) is 68.3 cm³/mol. The minimum Gasteiger partial charge on any atom is -0.320 e. The van der Waals surface area contributed by atoms with Crippen LogP contribution in [0.5, 0.6) is 0 Å². The number of hydrogen-bond acceptors (Lipinski definition) is 2. The molecule has 2 N–H and O–H groups in total. The molecule has 17 heavy (non-hydrogen) atoms. The molecule has 1 atom stereocenters. The molecule has 0 saturated heterocycles. The first-order valence-electron chi connectivity index (χ1n) is 4.88. The molecule has 1 aromatic carbocycles. The molecule has 1 unspecified atom stereocenters. The number of rotatable bonds is 2. The van der Waals surface area contributed by atoms with E-state index in [1.54, 1.807) is 36.3 Å². The van der Waals surface area contributed by atoms with E-state index in [9.17, 15) is 4.39 Å². The Labute approximate surface area is 112 Å². The highest BCUT2D eigenvalue weighted by Crippen LogP contribution is 2.31. The SMILES string of the molecule is Cn1cc(C(N)c2ccc(Br)c(Cl)c2F)cn1. The highest BCUT2D eigenvalue weighted by Gasteiger charge is 2.18. The summed E-state index contributed by atoms with van der Waals surface area (Å²) < 4.78 is 16.1. The van der Waals surface area contributed by atoms with Crippen molar-refractivity contribution in [1.29, 1.82) is 0 Å². The molecule has 0 saturated carbocycles. The average Bonchev–Trinajstić information content (AvgIpc) is 2.72. The number of benzene rings is 1. The normalized spacial score (nSPS) is 12.8. The third-order valence-electron chi connectivity index (χ3n) is 2.48. The molecule has 0 aliphatic heterocycles. The first-order chi connectivity index (χ1) is 8.00. The molecule has 2 aromatic rings. The van der Waals surface area contributed by atoms with Gasteiger partial charge in [-0.15, -0.1) is 0 Å². The first kappa shape index (κ1) is 12.5. The second kappa shape index (κ2) is 4.76. The predicted octanol–water partition coefficient (Wildman–Crippen LogP) is 3.02. The van der Waals surface area contributed by atoms with Gasteiger partial charge in [0.15, 0.2) is 0 Å². The molecule has 0 spiro atoms. The fraction of sp³-hybridized carbons (Fsp3) is 0.182. The number of hydrogen-bond donors (Lipinski definition) is 1. The van der Waals surface area contributed by atoms with Gasteiger partial charge < -0.3 is 5.73 Å². The van der Waals surface area contributed by atoms with Gasteiger partial charge in [0.05, 0.1) is 17.3 Å². The molecule has 1 aromatic heterocycles. The van der Waals surface area contributed by atoms with Crippen LogP contribution in [-0.2, 0) is 7.05 Å². The van der Waals surface area contributed by atoms with E-state index >= 15 is 0 Å². The van der Waals surface area contributed by atoms with Gasteiger partial charge in [-0.1, -0.05) is 17.7 Å². The Balaban J connectivity index is 2.44. The van der Waals surface area contributed by atoms with Crippen molar-refractivity contribution in [2.75, 3.05) is 0 Å². The summed E-state index contributed by atoms with van der Waals surface area (Å²) in [6, 6.07) is 2.72. The summed E-state index contributed by atoms with van der Waals surface area (Å²) in [5.74, 6) is -0.502. The van der Waals surface area contributed by atoms with Crippen molar-refractivity contribution in [2.45, 2.75) is 6.04 Å². The fourth-order valence-corrected chi connectivity index (χ4v) is 2.04. The molecular formula is C11H10BrClFN3. The Morgan fingerprint density at radius 2 is 2.24 bits per heavy atom. The molecular weight excluding hydrogens is 308 g/mol. The molecule has 0 fully saturated rings. The number of halogens is 3. The van der Waals surface area contributed by atoms with Crippen LogP contribution in [0.4, 0.5) is 4.39 Å². The van der Waals surface area contributed by atoms with Crippen LogP contribution in [0, 0.1) is 5.82 Å². The van der Waals surface area contributed by atoms with Gasteiger partial charge in [-0.2, -0.15) is 5.10 Å². The maximum absolute atomic E-state index is 13.9. The van der Waals surface area contributed by atoms with E-state index in [2.05, 4.69) is 21.0 Å². The van der Waals surface area contributed by atoms with Crippen LogP contribution in [0.3, 0.4) is 0 Å². The topological polar surface area (TPSA) is 43.8 Å². The summed E-state index contributed by atoms with van der Waals surface area (Å²) in [6.07, 6.45) is 3.36. The smallest absolute Gasteiger partial charge is 0.148 e. The monoisotopic (exact) mass is 317 g/mol. The number of nitrogens with zero attached hydrogens (tertiary/aromatic N) is 2. The molecule has 2 rings (SSSR count). The zero-order valence-corrected chi connectivity index (χ0v) is 11.3. The molecule has 0 aliphatic rings. The largest absolute Gasteiger partial charge is 0.320 e. The van der Waals surface area contributed by atoms with Crippen molar-refractivity contribution in [3.8, 4) is 0 Å². The standard InChI is InChI=1S/C11H10BrClFN3/c1-17-5-6(4-16-17)11(15)7-2-3-8(12)9(13)10(7)14/h2-5,11H,15H2,1H3. The van der Waals surface area contributed by atoms with E-state index in [1.807, 2.05) is 0 Å². The minimum atomic E-state index is -0.575. The highest BCUT2D eigenvalue weighted by molar-refractivity contribution is 9.10. The Morgan fingerprint density at radius 1 is 1.53 bits per heavy atom. The van der Waals surface area contributed by atoms with E-state index in [4.69, 9.17) is 17.3 Å². The number of aromatic nitrogens is 2. The molecule has 0 amide bonds. The van der Waals surface area contributed by atoms with Crippen LogP contribution in [0.2, 0.25) is 5.02 Å². The first-order valence-corrected chi connectivity index (χ1v) is 6.05. The van der Waals surface area contributed by atoms with Crippen molar-refractivity contribution < 1.29 is 4.39 Å². The third kappa shape index (κ3) is 2.36. The second-order valence-electron chi connectivity index (χ2n) is 3.69. The maximum atomic E-state index is 13.9. The van der Waals surface area contributed by atoms with E-state index < -0.39 is 11.9 Å². The summed E-state index contributed by atoms with van der Waals surface area (Å²) in [6.45, 7) is 0. The van der Waals surface area contributed by atoms with Crippen LogP contribution < -0.4 is 5.73 Å². The van der Waals surface area contributed by atoms with Crippen LogP contribution in [-0.4, -0.2) is 9.78 Å². The van der Waals surface area contributed by atoms with Crippen molar-refractivity contribution in [3.05, 3.63) is 51.0 Å². The summed E-state index contributed by atoms with van der Waals surface area (Å²) in [4.78, 5) is 0. The Hall–Kier alpha value is -0.910. The molecule has 0 bridgehead atoms. The van der Waals surface area contributed by atoms with Crippen LogP contribution in [0.1, 0.15) is 17.2 Å². The van der Waals surface area contributed by atoms with Gasteiger partial charge in [0.25, 0.3) is 0 Å². The van der Waals surface area contributed by atoms with Gasteiger partial charge in [0, 0.05) is 28.8 Å². The van der Waals surface area contributed by atoms with Gasteiger partial charge >= 0.3 is 0 Å². The Kier molecular flexibility index (Phi) is 3.51. The van der Waals surface area contributed by atoms with Crippen LogP contribution in [0.25, 0.3) is 0 Å². The molecule has 1 heterocycles. The zero-order valence-electron chi connectivity index (χ0n) is 8.99. The third-order valence-corrected chi connectivity index (χ3v) is 3.74. The van der Waals surface area contributed by atoms with Crippen molar-refractivity contribution >= 4 is 27.5 Å². The number of aryl methyl sites for hydroxylation is 1. The van der Waals surface area contributed by atoms with Gasteiger partial charge in [-0.3, -0.25) is 4.68 Å². The lowest BCUT2D eigenvalue weighted by molar-refractivity contribution is 0.599. The molecule has 0 radical (unpaired) electrons. The molecule has 6 heteroatoms. The zero-order chi connectivity index (χ0) is 12.6. The molecule has 90 valence electrons. The van der Waals surface area contributed by atoms with E-state index in [0.29, 0.717) is 10.0 Å².